The lowest BCUT2D eigenvalue weighted by atomic mass is 10.0. The van der Waals surface area contributed by atoms with Gasteiger partial charge in [0.15, 0.2) is 5.96 Å². The molecule has 3 atom stereocenters. The maximum absolute atomic E-state index is 13.0. The molecule has 0 spiro atoms. The van der Waals surface area contributed by atoms with Gasteiger partial charge in [-0.05, 0) is 37.0 Å². The van der Waals surface area contributed by atoms with E-state index in [1.54, 1.807) is 13.8 Å². The first-order chi connectivity index (χ1) is 17.6. The van der Waals surface area contributed by atoms with Crippen molar-refractivity contribution in [3.63, 3.8) is 0 Å². The van der Waals surface area contributed by atoms with Crippen LogP contribution in [0.1, 0.15) is 67.7 Å². The molecule has 0 aliphatic heterocycles. The summed E-state index contributed by atoms with van der Waals surface area (Å²) in [7, 11) is 0. The van der Waals surface area contributed by atoms with Crippen LogP contribution in [0.5, 0.6) is 0 Å². The minimum atomic E-state index is -0.936. The van der Waals surface area contributed by atoms with E-state index in [-0.39, 0.29) is 30.7 Å². The summed E-state index contributed by atoms with van der Waals surface area (Å²) in [6.45, 7) is 13.3. The molecule has 5 amide bonds. The summed E-state index contributed by atoms with van der Waals surface area (Å²) in [6, 6.07) is -2.67. The highest BCUT2D eigenvalue weighted by atomic mass is 16.2. The molecule has 0 saturated carbocycles. The Morgan fingerprint density at radius 1 is 0.789 bits per heavy atom. The van der Waals surface area contributed by atoms with Crippen LogP contribution in [-0.4, -0.2) is 73.3 Å². The fourth-order valence-corrected chi connectivity index (χ4v) is 3.40. The van der Waals surface area contributed by atoms with Crippen molar-refractivity contribution < 1.29 is 24.0 Å². The molecule has 0 saturated heterocycles. The van der Waals surface area contributed by atoms with Gasteiger partial charge in [0.1, 0.15) is 18.1 Å². The van der Waals surface area contributed by atoms with Gasteiger partial charge in [0.2, 0.25) is 29.5 Å². The SMILES string of the molecule is CC(=O)N[C@H](C(=O)NCC(=O)N[C@@H](CC(C)C)C(=O)N[C@@H](CCCNC(N)=NCC(C)C)C(N)=O)C(C)C. The van der Waals surface area contributed by atoms with E-state index in [2.05, 4.69) is 31.6 Å². The van der Waals surface area contributed by atoms with Crippen LogP contribution in [-0.2, 0) is 24.0 Å². The number of hydrogen-bond acceptors (Lipinski definition) is 6. The zero-order valence-corrected chi connectivity index (χ0v) is 23.8. The summed E-state index contributed by atoms with van der Waals surface area (Å²) in [5, 5.41) is 13.2. The van der Waals surface area contributed by atoms with Crippen molar-refractivity contribution in [3.8, 4) is 0 Å². The van der Waals surface area contributed by atoms with Crippen LogP contribution in [0.3, 0.4) is 0 Å². The maximum atomic E-state index is 13.0. The largest absolute Gasteiger partial charge is 0.370 e. The van der Waals surface area contributed by atoms with Crippen LogP contribution in [0.4, 0.5) is 0 Å². The van der Waals surface area contributed by atoms with Gasteiger partial charge in [-0.2, -0.15) is 0 Å². The summed E-state index contributed by atoms with van der Waals surface area (Å²) in [5.41, 5.74) is 11.3. The van der Waals surface area contributed by atoms with Crippen LogP contribution in [0.15, 0.2) is 4.99 Å². The van der Waals surface area contributed by atoms with E-state index in [1.165, 1.54) is 6.92 Å². The summed E-state index contributed by atoms with van der Waals surface area (Å²) in [6.07, 6.45) is 1.07. The molecule has 9 N–H and O–H groups in total. The standard InChI is InChI=1S/C25H48N8O5/c1-14(2)11-19(32-20(35)13-29-24(38)21(16(5)6)31-17(7)34)23(37)33-18(22(26)36)9-8-10-28-25(27)30-12-15(3)4/h14-16,18-19,21H,8-13H2,1-7H3,(H2,26,36)(H,29,38)(H,31,34)(H,32,35)(H,33,37)(H3,27,28,30)/t18-,19-,21-/m0/s1. The second kappa shape index (κ2) is 18.0. The van der Waals surface area contributed by atoms with E-state index in [9.17, 15) is 24.0 Å². The third kappa shape index (κ3) is 15.7. The molecule has 0 bridgehead atoms. The van der Waals surface area contributed by atoms with Gasteiger partial charge in [-0.1, -0.05) is 41.5 Å². The number of amides is 5. The van der Waals surface area contributed by atoms with Crippen LogP contribution in [0.2, 0.25) is 0 Å². The molecule has 0 aromatic carbocycles. The van der Waals surface area contributed by atoms with E-state index >= 15 is 0 Å². The number of aliphatic imine (C=N–C) groups is 1. The number of nitrogens with two attached hydrogens (primary N) is 2. The summed E-state index contributed by atoms with van der Waals surface area (Å²) >= 11 is 0. The highest BCUT2D eigenvalue weighted by molar-refractivity contribution is 5.93. The molecular weight excluding hydrogens is 492 g/mol. The van der Waals surface area contributed by atoms with E-state index in [4.69, 9.17) is 11.5 Å². The molecule has 0 heterocycles. The van der Waals surface area contributed by atoms with Gasteiger partial charge in [-0.3, -0.25) is 29.0 Å². The number of primary amides is 1. The van der Waals surface area contributed by atoms with Crippen molar-refractivity contribution in [2.24, 2.45) is 34.2 Å². The molecule has 0 aromatic heterocycles. The number of nitrogens with one attached hydrogen (secondary N) is 5. The number of carbonyl (C=O) groups excluding carboxylic acids is 5. The van der Waals surface area contributed by atoms with Crippen molar-refractivity contribution >= 4 is 35.5 Å². The molecular formula is C25H48N8O5. The molecule has 0 rings (SSSR count). The monoisotopic (exact) mass is 540 g/mol. The smallest absolute Gasteiger partial charge is 0.243 e. The first-order valence-electron chi connectivity index (χ1n) is 13.1. The molecule has 0 aliphatic carbocycles. The first-order valence-corrected chi connectivity index (χ1v) is 13.1. The Morgan fingerprint density at radius 3 is 1.92 bits per heavy atom. The Bertz CT molecular complexity index is 829. The molecule has 0 aromatic rings. The number of rotatable bonds is 17. The van der Waals surface area contributed by atoms with E-state index in [0.717, 1.165) is 0 Å². The predicted octanol–water partition coefficient (Wildman–Crippen LogP) is -0.895. The normalized spacial score (nSPS) is 14.0. The van der Waals surface area contributed by atoms with E-state index in [1.807, 2.05) is 27.7 Å². The zero-order valence-electron chi connectivity index (χ0n) is 23.8. The zero-order chi connectivity index (χ0) is 29.4. The Balaban J connectivity index is 5.00. The topological polar surface area (TPSA) is 210 Å². The molecule has 0 fully saturated rings. The predicted molar refractivity (Wildman–Crippen MR) is 147 cm³/mol. The summed E-state index contributed by atoms with van der Waals surface area (Å²) < 4.78 is 0. The lowest BCUT2D eigenvalue weighted by Gasteiger charge is -2.24. The minimum Gasteiger partial charge on any atom is -0.370 e. The van der Waals surface area contributed by atoms with Crippen LogP contribution >= 0.6 is 0 Å². The van der Waals surface area contributed by atoms with Gasteiger partial charge >= 0.3 is 0 Å². The van der Waals surface area contributed by atoms with E-state index < -0.39 is 41.8 Å². The van der Waals surface area contributed by atoms with Crippen LogP contribution in [0, 0.1) is 17.8 Å². The minimum absolute atomic E-state index is 0.0510. The third-order valence-corrected chi connectivity index (χ3v) is 5.35. The molecule has 0 unspecified atom stereocenters. The van der Waals surface area contributed by atoms with Crippen molar-refractivity contribution in [1.82, 2.24) is 26.6 Å². The Morgan fingerprint density at radius 2 is 1.42 bits per heavy atom. The average molecular weight is 541 g/mol. The van der Waals surface area contributed by atoms with Crippen molar-refractivity contribution in [2.75, 3.05) is 19.6 Å². The number of nitrogens with zero attached hydrogens (tertiary/aromatic N) is 1. The van der Waals surface area contributed by atoms with Crippen molar-refractivity contribution in [1.29, 1.82) is 0 Å². The highest BCUT2D eigenvalue weighted by Gasteiger charge is 2.27. The lowest BCUT2D eigenvalue weighted by Crippen LogP contribution is -2.55. The second-order valence-corrected chi connectivity index (χ2v) is 10.5. The molecule has 13 nitrogen and oxygen atoms in total. The fraction of sp³-hybridized carbons (Fsp3) is 0.760. The summed E-state index contributed by atoms with van der Waals surface area (Å²) in [4.78, 5) is 65.4. The Labute approximate surface area is 226 Å². The quantitative estimate of drug-likeness (QED) is 0.0701. The molecule has 0 radical (unpaired) electrons. The number of carbonyl (C=O) groups is 5. The van der Waals surface area contributed by atoms with Crippen molar-refractivity contribution in [2.45, 2.75) is 85.9 Å². The first kappa shape index (κ1) is 34.6. The highest BCUT2D eigenvalue weighted by Crippen LogP contribution is 2.07. The fourth-order valence-electron chi connectivity index (χ4n) is 3.40. The Hall–Kier alpha value is -3.38. The van der Waals surface area contributed by atoms with Gasteiger partial charge in [-0.15, -0.1) is 0 Å². The van der Waals surface area contributed by atoms with Gasteiger partial charge in [0.25, 0.3) is 0 Å². The number of guanidine groups is 1. The molecule has 218 valence electrons. The van der Waals surface area contributed by atoms with Crippen molar-refractivity contribution in [3.05, 3.63) is 0 Å². The average Bonchev–Trinajstić information content (AvgIpc) is 2.80. The van der Waals surface area contributed by atoms with Gasteiger partial charge in [0, 0.05) is 20.0 Å². The number of hydrogen-bond donors (Lipinski definition) is 7. The molecule has 0 aliphatic rings. The third-order valence-electron chi connectivity index (χ3n) is 5.35. The van der Waals surface area contributed by atoms with Gasteiger partial charge < -0.3 is 38.1 Å². The molecule has 38 heavy (non-hydrogen) atoms. The lowest BCUT2D eigenvalue weighted by molar-refractivity contribution is -0.133. The molecule has 13 heteroatoms. The van der Waals surface area contributed by atoms with Crippen LogP contribution in [0.25, 0.3) is 0 Å². The summed E-state index contributed by atoms with van der Waals surface area (Å²) in [5.74, 6) is -2.15. The van der Waals surface area contributed by atoms with E-state index in [0.29, 0.717) is 37.8 Å². The Kier molecular flexibility index (Phi) is 16.4. The maximum Gasteiger partial charge on any atom is 0.243 e. The van der Waals surface area contributed by atoms with Gasteiger partial charge in [-0.25, -0.2) is 0 Å². The van der Waals surface area contributed by atoms with Crippen LogP contribution < -0.4 is 38.1 Å². The van der Waals surface area contributed by atoms with Gasteiger partial charge in [0.05, 0.1) is 6.54 Å². The second-order valence-electron chi connectivity index (χ2n) is 10.5.